The summed E-state index contributed by atoms with van der Waals surface area (Å²) in [5.74, 6) is -0.0406. The molecule has 0 aliphatic rings. The summed E-state index contributed by atoms with van der Waals surface area (Å²) in [6.45, 7) is 9.00. The van der Waals surface area contributed by atoms with Crippen molar-refractivity contribution < 1.29 is 28.6 Å². The van der Waals surface area contributed by atoms with Crippen LogP contribution in [0.1, 0.15) is 291 Å². The molecular formula is C52H100O6. The Kier molecular flexibility index (Phi) is 45.2. The predicted molar refractivity (Wildman–Crippen MR) is 247 cm³/mol. The molecule has 0 heterocycles. The molecule has 0 aromatic heterocycles. The fourth-order valence-electron chi connectivity index (χ4n) is 7.86. The number of ether oxygens (including phenoxy) is 3. The van der Waals surface area contributed by atoms with E-state index < -0.39 is 6.10 Å². The van der Waals surface area contributed by atoms with Crippen LogP contribution in [0, 0.1) is 5.92 Å². The molecule has 0 rings (SSSR count). The van der Waals surface area contributed by atoms with Crippen molar-refractivity contribution in [3.63, 3.8) is 0 Å². The second kappa shape index (κ2) is 46.5. The summed E-state index contributed by atoms with van der Waals surface area (Å²) >= 11 is 0. The molecule has 344 valence electrons. The van der Waals surface area contributed by atoms with E-state index in [2.05, 4.69) is 27.7 Å². The maximum atomic E-state index is 12.8. The van der Waals surface area contributed by atoms with E-state index >= 15 is 0 Å². The van der Waals surface area contributed by atoms with Gasteiger partial charge in [0.25, 0.3) is 0 Å². The van der Waals surface area contributed by atoms with Gasteiger partial charge in [0.2, 0.25) is 0 Å². The molecule has 6 heteroatoms. The van der Waals surface area contributed by atoms with Gasteiger partial charge in [-0.1, -0.05) is 252 Å². The van der Waals surface area contributed by atoms with Crippen LogP contribution in [0.2, 0.25) is 0 Å². The van der Waals surface area contributed by atoms with E-state index in [1.165, 1.54) is 186 Å². The van der Waals surface area contributed by atoms with Crippen LogP contribution in [0.4, 0.5) is 0 Å². The Labute approximate surface area is 361 Å². The van der Waals surface area contributed by atoms with Crippen molar-refractivity contribution >= 4 is 17.9 Å². The van der Waals surface area contributed by atoms with Gasteiger partial charge in [-0.25, -0.2) is 0 Å². The molecule has 0 radical (unpaired) electrons. The summed E-state index contributed by atoms with van der Waals surface area (Å²) in [5.41, 5.74) is 0. The third-order valence-corrected chi connectivity index (χ3v) is 11.8. The summed E-state index contributed by atoms with van der Waals surface area (Å²) in [5, 5.41) is 0. The molecule has 0 aromatic carbocycles. The number of hydrogen-bond acceptors (Lipinski definition) is 6. The predicted octanol–water partition coefficient (Wildman–Crippen LogP) is 16.7. The Morgan fingerprint density at radius 2 is 0.569 bits per heavy atom. The first kappa shape index (κ1) is 56.4. The summed E-state index contributed by atoms with van der Waals surface area (Å²) < 4.78 is 16.8. The molecule has 0 fully saturated rings. The molecule has 0 bridgehead atoms. The highest BCUT2D eigenvalue weighted by molar-refractivity contribution is 5.71. The minimum absolute atomic E-state index is 0.0631. The van der Waals surface area contributed by atoms with Crippen LogP contribution in [0.25, 0.3) is 0 Å². The summed E-state index contributed by atoms with van der Waals surface area (Å²) in [4.78, 5) is 37.9. The zero-order valence-corrected chi connectivity index (χ0v) is 39.5. The first-order chi connectivity index (χ1) is 28.4. The molecule has 0 unspecified atom stereocenters. The highest BCUT2D eigenvalue weighted by Gasteiger charge is 2.19. The molecule has 0 spiro atoms. The smallest absolute Gasteiger partial charge is 0.306 e. The van der Waals surface area contributed by atoms with Gasteiger partial charge < -0.3 is 14.2 Å². The van der Waals surface area contributed by atoms with Crippen molar-refractivity contribution in [3.8, 4) is 0 Å². The van der Waals surface area contributed by atoms with Gasteiger partial charge in [-0.3, -0.25) is 14.4 Å². The molecule has 1 atom stereocenters. The van der Waals surface area contributed by atoms with Gasteiger partial charge >= 0.3 is 17.9 Å². The summed E-state index contributed by atoms with van der Waals surface area (Å²) in [6, 6.07) is 0. The molecule has 0 N–H and O–H groups in total. The lowest BCUT2D eigenvalue weighted by Crippen LogP contribution is -2.30. The number of esters is 3. The molecule has 0 saturated carbocycles. The van der Waals surface area contributed by atoms with E-state index in [1.54, 1.807) is 0 Å². The maximum absolute atomic E-state index is 12.8. The Morgan fingerprint density at radius 1 is 0.328 bits per heavy atom. The van der Waals surface area contributed by atoms with Gasteiger partial charge in [-0.2, -0.15) is 0 Å². The quantitative estimate of drug-likeness (QED) is 0.0346. The van der Waals surface area contributed by atoms with Crippen LogP contribution in [0.15, 0.2) is 0 Å². The van der Waals surface area contributed by atoms with E-state index in [0.29, 0.717) is 19.3 Å². The fraction of sp³-hybridized carbons (Fsp3) is 0.942. The van der Waals surface area contributed by atoms with Gasteiger partial charge in [0.15, 0.2) is 6.10 Å². The standard InChI is InChI=1S/C52H100O6/c1-5-7-9-11-13-15-17-18-19-20-21-22-24-28-32-36-40-44-51(54)57-47-49(46-56-50(53)43-39-35-31-27-23-16-14-12-10-8-6-2)58-52(55)45-41-37-33-29-25-26-30-34-38-42-48(3)4/h48-49H,5-47H2,1-4H3/t49-/m0/s1. The molecular weight excluding hydrogens is 721 g/mol. The molecule has 58 heavy (non-hydrogen) atoms. The average molecular weight is 821 g/mol. The minimum atomic E-state index is -0.760. The fourth-order valence-corrected chi connectivity index (χ4v) is 7.86. The minimum Gasteiger partial charge on any atom is -0.462 e. The SMILES string of the molecule is CCCCCCCCCCCCCCCCCCCC(=O)OC[C@H](COC(=O)CCCCCCCCCCCCC)OC(=O)CCCCCCCCCCCC(C)C. The van der Waals surface area contributed by atoms with Crippen LogP contribution in [0.5, 0.6) is 0 Å². The summed E-state index contributed by atoms with van der Waals surface area (Å²) in [6.07, 6.45) is 48.0. The van der Waals surface area contributed by atoms with Crippen LogP contribution >= 0.6 is 0 Å². The van der Waals surface area contributed by atoms with Crippen molar-refractivity contribution in [1.29, 1.82) is 0 Å². The number of unbranched alkanes of at least 4 members (excludes halogenated alkanes) is 34. The van der Waals surface area contributed by atoms with Crippen LogP contribution in [-0.2, 0) is 28.6 Å². The Bertz CT molecular complexity index is 872. The third-order valence-electron chi connectivity index (χ3n) is 11.8. The Morgan fingerprint density at radius 3 is 0.845 bits per heavy atom. The normalized spacial score (nSPS) is 11.9. The zero-order valence-electron chi connectivity index (χ0n) is 39.5. The molecule has 0 saturated heterocycles. The van der Waals surface area contributed by atoms with E-state index in [4.69, 9.17) is 14.2 Å². The van der Waals surface area contributed by atoms with E-state index in [1.807, 2.05) is 0 Å². The highest BCUT2D eigenvalue weighted by Crippen LogP contribution is 2.17. The van der Waals surface area contributed by atoms with Crippen LogP contribution < -0.4 is 0 Å². The number of hydrogen-bond donors (Lipinski definition) is 0. The van der Waals surface area contributed by atoms with E-state index in [9.17, 15) is 14.4 Å². The lowest BCUT2D eigenvalue weighted by molar-refractivity contribution is -0.167. The monoisotopic (exact) mass is 821 g/mol. The largest absolute Gasteiger partial charge is 0.462 e. The number of rotatable bonds is 47. The highest BCUT2D eigenvalue weighted by atomic mass is 16.6. The maximum Gasteiger partial charge on any atom is 0.306 e. The van der Waals surface area contributed by atoms with Crippen LogP contribution in [0.3, 0.4) is 0 Å². The number of carbonyl (C=O) groups is 3. The zero-order chi connectivity index (χ0) is 42.4. The lowest BCUT2D eigenvalue weighted by Gasteiger charge is -2.18. The van der Waals surface area contributed by atoms with Crippen molar-refractivity contribution in [1.82, 2.24) is 0 Å². The number of carbonyl (C=O) groups excluding carboxylic acids is 3. The second-order valence-corrected chi connectivity index (χ2v) is 18.3. The first-order valence-corrected chi connectivity index (χ1v) is 25.9. The molecule has 0 aromatic rings. The van der Waals surface area contributed by atoms with E-state index in [0.717, 1.165) is 63.7 Å². The van der Waals surface area contributed by atoms with Gasteiger partial charge in [0, 0.05) is 19.3 Å². The summed E-state index contributed by atoms with van der Waals surface area (Å²) in [7, 11) is 0. The van der Waals surface area contributed by atoms with E-state index in [-0.39, 0.29) is 31.1 Å². The van der Waals surface area contributed by atoms with Crippen molar-refractivity contribution in [2.24, 2.45) is 5.92 Å². The molecule has 6 nitrogen and oxygen atoms in total. The first-order valence-electron chi connectivity index (χ1n) is 25.9. The molecule has 0 aliphatic carbocycles. The van der Waals surface area contributed by atoms with Crippen molar-refractivity contribution in [3.05, 3.63) is 0 Å². The Balaban J connectivity index is 4.27. The lowest BCUT2D eigenvalue weighted by atomic mass is 10.0. The molecule has 0 amide bonds. The van der Waals surface area contributed by atoms with Gasteiger partial charge in [0.1, 0.15) is 13.2 Å². The van der Waals surface area contributed by atoms with Crippen LogP contribution in [-0.4, -0.2) is 37.2 Å². The average Bonchev–Trinajstić information content (AvgIpc) is 3.21. The van der Waals surface area contributed by atoms with Crippen molar-refractivity contribution in [2.45, 2.75) is 297 Å². The topological polar surface area (TPSA) is 78.9 Å². The third kappa shape index (κ3) is 45.5. The Hall–Kier alpha value is -1.59. The van der Waals surface area contributed by atoms with Gasteiger partial charge in [-0.15, -0.1) is 0 Å². The second-order valence-electron chi connectivity index (χ2n) is 18.3. The molecule has 0 aliphatic heterocycles. The van der Waals surface area contributed by atoms with Gasteiger partial charge in [-0.05, 0) is 25.2 Å². The van der Waals surface area contributed by atoms with Gasteiger partial charge in [0.05, 0.1) is 0 Å². The van der Waals surface area contributed by atoms with Crippen molar-refractivity contribution in [2.75, 3.05) is 13.2 Å².